The van der Waals surface area contributed by atoms with E-state index in [1.165, 1.54) is 0 Å². The van der Waals surface area contributed by atoms with E-state index in [9.17, 15) is 9.59 Å². The van der Waals surface area contributed by atoms with Gasteiger partial charge >= 0.3 is 5.97 Å². The third kappa shape index (κ3) is 4.58. The Bertz CT molecular complexity index is 1320. The quantitative estimate of drug-likeness (QED) is 0.473. The third-order valence-electron chi connectivity index (χ3n) is 6.57. The number of hydrogen-bond acceptors (Lipinski definition) is 7. The van der Waals surface area contributed by atoms with Gasteiger partial charge in [0, 0.05) is 37.4 Å². The summed E-state index contributed by atoms with van der Waals surface area (Å²) in [6, 6.07) is 7.34. The summed E-state index contributed by atoms with van der Waals surface area (Å²) in [6.45, 7) is 4.64. The molecule has 0 aliphatic carbocycles. The molecule has 2 aliphatic heterocycles. The molecule has 2 aliphatic rings. The lowest BCUT2D eigenvalue weighted by Crippen LogP contribution is -2.44. The van der Waals surface area contributed by atoms with Crippen molar-refractivity contribution in [1.82, 2.24) is 14.9 Å². The first kappa shape index (κ1) is 23.9. The number of nitrogens with zero attached hydrogens (tertiary/aromatic N) is 3. The average Bonchev–Trinajstić information content (AvgIpc) is 3.27. The van der Waals surface area contributed by atoms with Gasteiger partial charge in [0.2, 0.25) is 11.3 Å². The number of ether oxygens (including phenoxy) is 2. The molecule has 0 amide bonds. The van der Waals surface area contributed by atoms with Crippen LogP contribution in [0.5, 0.6) is 5.88 Å². The van der Waals surface area contributed by atoms with Crippen molar-refractivity contribution in [3.63, 3.8) is 0 Å². The number of esters is 1. The molecule has 0 bridgehead atoms. The number of aromatic nitrogens is 2. The number of anilines is 1. The first-order chi connectivity index (χ1) is 17.0. The van der Waals surface area contributed by atoms with E-state index < -0.39 is 5.97 Å². The van der Waals surface area contributed by atoms with Gasteiger partial charge in [0.05, 0.1) is 34.9 Å². The van der Waals surface area contributed by atoms with E-state index in [1.54, 1.807) is 37.5 Å². The molecule has 184 valence electrons. The molecule has 0 radical (unpaired) electrons. The number of halogens is 2. The third-order valence-corrected chi connectivity index (χ3v) is 7.16. The van der Waals surface area contributed by atoms with E-state index >= 15 is 0 Å². The van der Waals surface area contributed by atoms with Crippen LogP contribution in [0.15, 0.2) is 41.5 Å². The second-order valence-corrected chi connectivity index (χ2v) is 9.54. The summed E-state index contributed by atoms with van der Waals surface area (Å²) >= 11 is 12.9. The number of nitrogens with one attached hydrogen (secondary N) is 1. The van der Waals surface area contributed by atoms with Crippen LogP contribution in [0.25, 0.3) is 10.9 Å². The highest BCUT2D eigenvalue weighted by Gasteiger charge is 2.30. The van der Waals surface area contributed by atoms with Crippen molar-refractivity contribution in [2.24, 2.45) is 0 Å². The molecule has 3 aromatic rings. The molecule has 2 fully saturated rings. The zero-order chi connectivity index (χ0) is 24.5. The van der Waals surface area contributed by atoms with Crippen LogP contribution in [0.3, 0.4) is 0 Å². The van der Waals surface area contributed by atoms with Crippen LogP contribution < -0.4 is 20.4 Å². The van der Waals surface area contributed by atoms with Crippen molar-refractivity contribution in [3.8, 4) is 5.88 Å². The molecule has 1 atom stereocenters. The van der Waals surface area contributed by atoms with E-state index in [2.05, 4.69) is 15.2 Å². The number of benzene rings is 1. The van der Waals surface area contributed by atoms with E-state index in [0.29, 0.717) is 27.9 Å². The van der Waals surface area contributed by atoms with Gasteiger partial charge in [0.25, 0.3) is 0 Å². The molecule has 5 rings (SSSR count). The molecular weight excluding hydrogens is 491 g/mol. The fourth-order valence-corrected chi connectivity index (χ4v) is 5.13. The molecule has 2 aromatic heterocycles. The minimum atomic E-state index is -0.620. The fourth-order valence-electron chi connectivity index (χ4n) is 4.68. The number of carbonyl (C=O) groups excluding carboxylic acids is 1. The summed E-state index contributed by atoms with van der Waals surface area (Å²) in [5.41, 5.74) is 1.23. The average molecular weight is 517 g/mol. The molecule has 35 heavy (non-hydrogen) atoms. The Balaban J connectivity index is 1.52. The number of pyridine rings is 2. The molecular formula is C25H26Cl2N4O4. The zero-order valence-corrected chi connectivity index (χ0v) is 20.8. The zero-order valence-electron chi connectivity index (χ0n) is 19.3. The molecule has 2 saturated heterocycles. The summed E-state index contributed by atoms with van der Waals surface area (Å²) in [6.07, 6.45) is 5.19. The fraction of sp³-hybridized carbons (Fsp3) is 0.400. The molecule has 1 aromatic carbocycles. The van der Waals surface area contributed by atoms with Crippen LogP contribution in [-0.2, 0) is 4.74 Å². The maximum atomic E-state index is 13.2. The maximum absolute atomic E-state index is 13.2. The molecule has 1 N–H and O–H groups in total. The molecule has 0 saturated carbocycles. The topological polar surface area (TPSA) is 85.7 Å². The first-order valence-corrected chi connectivity index (χ1v) is 12.5. The largest absolute Gasteiger partial charge is 0.474 e. The second-order valence-electron chi connectivity index (χ2n) is 8.72. The van der Waals surface area contributed by atoms with Crippen LogP contribution in [0, 0.1) is 0 Å². The standard InChI is InChI=1S/C25H26Cl2N4O4/c1-2-34-25(33)18-13-31(16-11-28-12-16)21-10-22(20(27)9-17(21)23(18)32)30-8-4-5-15(30)14-35-24-19(26)6-3-7-29-24/h3,6-7,9-10,13,15-16,28H,2,4-5,8,11-12,14H2,1H3/t15-/m1/s1. The van der Waals surface area contributed by atoms with Crippen LogP contribution in [-0.4, -0.2) is 54.4 Å². The van der Waals surface area contributed by atoms with Crippen LogP contribution >= 0.6 is 23.2 Å². The molecule has 4 heterocycles. The van der Waals surface area contributed by atoms with Crippen molar-refractivity contribution in [3.05, 3.63) is 62.5 Å². The second kappa shape index (κ2) is 10.0. The monoisotopic (exact) mass is 516 g/mol. The van der Waals surface area contributed by atoms with Gasteiger partial charge < -0.3 is 24.3 Å². The lowest BCUT2D eigenvalue weighted by molar-refractivity contribution is 0.0524. The highest BCUT2D eigenvalue weighted by Crippen LogP contribution is 2.36. The van der Waals surface area contributed by atoms with E-state index in [4.69, 9.17) is 32.7 Å². The summed E-state index contributed by atoms with van der Waals surface area (Å²) in [5.74, 6) is -0.214. The van der Waals surface area contributed by atoms with Crippen LogP contribution in [0.2, 0.25) is 10.0 Å². The lowest BCUT2D eigenvalue weighted by atomic mass is 10.1. The Labute approximate surface area is 212 Å². The lowest BCUT2D eigenvalue weighted by Gasteiger charge is -2.32. The summed E-state index contributed by atoms with van der Waals surface area (Å²) in [7, 11) is 0. The van der Waals surface area contributed by atoms with Crippen molar-refractivity contribution < 1.29 is 14.3 Å². The first-order valence-electron chi connectivity index (χ1n) is 11.7. The number of hydrogen-bond donors (Lipinski definition) is 1. The minimum absolute atomic E-state index is 0.0229. The molecule has 8 nitrogen and oxygen atoms in total. The van der Waals surface area contributed by atoms with E-state index in [0.717, 1.165) is 43.7 Å². The van der Waals surface area contributed by atoms with E-state index in [1.807, 2.05) is 10.6 Å². The smallest absolute Gasteiger partial charge is 0.343 e. The van der Waals surface area contributed by atoms with Gasteiger partial charge in [-0.1, -0.05) is 23.2 Å². The Morgan fingerprint density at radius 1 is 1.26 bits per heavy atom. The minimum Gasteiger partial charge on any atom is -0.474 e. The van der Waals surface area contributed by atoms with Crippen molar-refractivity contribution in [2.75, 3.05) is 37.7 Å². The van der Waals surface area contributed by atoms with Gasteiger partial charge in [-0.2, -0.15) is 0 Å². The van der Waals surface area contributed by atoms with Gasteiger partial charge in [-0.3, -0.25) is 4.79 Å². The Kier molecular flexibility index (Phi) is 6.86. The predicted molar refractivity (Wildman–Crippen MR) is 136 cm³/mol. The normalized spacial score (nSPS) is 18.0. The Morgan fingerprint density at radius 3 is 2.80 bits per heavy atom. The number of fused-ring (bicyclic) bond motifs is 1. The highest BCUT2D eigenvalue weighted by atomic mass is 35.5. The van der Waals surface area contributed by atoms with Gasteiger partial charge in [-0.25, -0.2) is 9.78 Å². The summed E-state index contributed by atoms with van der Waals surface area (Å²) in [5, 5.41) is 4.58. The van der Waals surface area contributed by atoms with Gasteiger partial charge in [0.1, 0.15) is 17.2 Å². The number of rotatable bonds is 7. The Hall–Kier alpha value is -2.81. The summed E-state index contributed by atoms with van der Waals surface area (Å²) < 4.78 is 13.1. The maximum Gasteiger partial charge on any atom is 0.343 e. The Morgan fingerprint density at radius 2 is 2.09 bits per heavy atom. The molecule has 10 heteroatoms. The van der Waals surface area contributed by atoms with Crippen molar-refractivity contribution in [2.45, 2.75) is 31.8 Å². The van der Waals surface area contributed by atoms with Crippen LogP contribution in [0.1, 0.15) is 36.2 Å². The van der Waals surface area contributed by atoms with E-state index in [-0.39, 0.29) is 29.7 Å². The highest BCUT2D eigenvalue weighted by molar-refractivity contribution is 6.34. The molecule has 0 spiro atoms. The SMILES string of the molecule is CCOC(=O)c1cn(C2CNC2)c2cc(N3CCC[C@@H]3COc3ncccc3Cl)c(Cl)cc2c1=O. The van der Waals surface area contributed by atoms with Gasteiger partial charge in [-0.05, 0) is 44.0 Å². The van der Waals surface area contributed by atoms with Gasteiger partial charge in [0.15, 0.2) is 0 Å². The van der Waals surface area contributed by atoms with Crippen molar-refractivity contribution in [1.29, 1.82) is 0 Å². The van der Waals surface area contributed by atoms with Crippen LogP contribution in [0.4, 0.5) is 5.69 Å². The summed E-state index contributed by atoms with van der Waals surface area (Å²) in [4.78, 5) is 32.1. The molecule has 0 unspecified atom stereocenters. The van der Waals surface area contributed by atoms with Crippen molar-refractivity contribution >= 4 is 45.8 Å². The number of carbonyl (C=O) groups is 1. The van der Waals surface area contributed by atoms with Gasteiger partial charge in [-0.15, -0.1) is 0 Å². The predicted octanol–water partition coefficient (Wildman–Crippen LogP) is 4.07.